The van der Waals surface area contributed by atoms with Gasteiger partial charge < -0.3 is 25.0 Å². The van der Waals surface area contributed by atoms with Crippen LogP contribution in [0.4, 0.5) is 18.0 Å². The molecule has 0 saturated heterocycles. The molecule has 0 aliphatic rings. The number of carbonyl (C=O) groups is 2. The summed E-state index contributed by atoms with van der Waals surface area (Å²) in [6, 6.07) is 12.9. The minimum Gasteiger partial charge on any atom is -0.465 e. The van der Waals surface area contributed by atoms with Crippen LogP contribution in [0.15, 0.2) is 53.9 Å². The number of imidazole rings is 1. The number of benzene rings is 2. The van der Waals surface area contributed by atoms with Crippen molar-refractivity contribution in [1.82, 2.24) is 25.2 Å². The lowest BCUT2D eigenvalue weighted by molar-refractivity contribution is -0.274. The fraction of sp³-hybridized carbons (Fsp3) is 0.333. The number of nitrogens with zero attached hydrogens (tertiary/aromatic N) is 3. The van der Waals surface area contributed by atoms with Crippen LogP contribution in [0.5, 0.6) is 5.75 Å². The van der Waals surface area contributed by atoms with Gasteiger partial charge in [-0.25, -0.2) is 14.8 Å². The molecule has 3 N–H and O–H groups in total. The molecule has 0 saturated carbocycles. The van der Waals surface area contributed by atoms with Crippen LogP contribution >= 0.6 is 11.3 Å². The molecule has 2 aromatic heterocycles. The van der Waals surface area contributed by atoms with Gasteiger partial charge >= 0.3 is 12.5 Å². The molecule has 0 spiro atoms. The third-order valence-corrected chi connectivity index (χ3v) is 7.15. The van der Waals surface area contributed by atoms with E-state index >= 15 is 0 Å². The van der Waals surface area contributed by atoms with E-state index in [1.165, 1.54) is 34.4 Å². The van der Waals surface area contributed by atoms with Crippen LogP contribution in [0.3, 0.4) is 0 Å². The number of carbonyl (C=O) groups excluding carboxylic acids is 1. The number of hydrogen-bond donors (Lipinski definition) is 3. The molecule has 2 aromatic carbocycles. The summed E-state index contributed by atoms with van der Waals surface area (Å²) in [6.45, 7) is 5.80. The van der Waals surface area contributed by atoms with Gasteiger partial charge in [0.15, 0.2) is 0 Å². The largest absolute Gasteiger partial charge is 0.573 e. The zero-order valence-corrected chi connectivity index (χ0v) is 22.8. The van der Waals surface area contributed by atoms with E-state index in [4.69, 9.17) is 0 Å². The van der Waals surface area contributed by atoms with Crippen molar-refractivity contribution >= 4 is 34.4 Å². The maximum absolute atomic E-state index is 12.8. The zero-order chi connectivity index (χ0) is 29.1. The van der Waals surface area contributed by atoms with Crippen molar-refractivity contribution < 1.29 is 32.6 Å². The summed E-state index contributed by atoms with van der Waals surface area (Å²) in [5, 5.41) is 14.6. The van der Waals surface area contributed by atoms with Crippen molar-refractivity contribution in [3.05, 3.63) is 76.0 Å². The van der Waals surface area contributed by atoms with Crippen molar-refractivity contribution in [2.75, 3.05) is 6.54 Å². The second kappa shape index (κ2) is 11.5. The highest BCUT2D eigenvalue weighted by molar-refractivity contribution is 7.10. The maximum atomic E-state index is 12.8. The molecule has 4 aromatic rings. The van der Waals surface area contributed by atoms with Crippen molar-refractivity contribution in [3.63, 3.8) is 0 Å². The number of amides is 2. The van der Waals surface area contributed by atoms with E-state index in [1.807, 2.05) is 45.0 Å². The van der Waals surface area contributed by atoms with E-state index in [0.717, 1.165) is 11.0 Å². The van der Waals surface area contributed by atoms with Gasteiger partial charge in [-0.1, -0.05) is 51.1 Å². The van der Waals surface area contributed by atoms with Crippen molar-refractivity contribution in [2.24, 2.45) is 5.41 Å². The number of halogens is 3. The van der Waals surface area contributed by atoms with Crippen LogP contribution in [0, 0.1) is 5.41 Å². The number of para-hydroxylation sites is 3. The minimum atomic E-state index is -4.86. The van der Waals surface area contributed by atoms with Crippen molar-refractivity contribution in [2.45, 2.75) is 46.1 Å². The summed E-state index contributed by atoms with van der Waals surface area (Å²) < 4.78 is 42.2. The standard InChI is InChI=1S/C27H28F3N5O4S/c1-26(2,3)17(13-35(25(37)38)14-22-32-18-9-5-6-10-19(18)33-22)24-34-20(15-40-24)23(36)31-12-16-8-4-7-11-21(16)39-27(28,29)30/h4-11,15,17H,12-14H2,1-3H3,(H,31,36)(H,32,33)(H,37,38). The Labute approximate surface area is 232 Å². The molecule has 2 heterocycles. The van der Waals surface area contributed by atoms with Crippen LogP contribution in [0.1, 0.15) is 53.6 Å². The molecule has 0 bridgehead atoms. The van der Waals surface area contributed by atoms with Gasteiger partial charge in [0.2, 0.25) is 0 Å². The van der Waals surface area contributed by atoms with E-state index < -0.39 is 29.5 Å². The smallest absolute Gasteiger partial charge is 0.465 e. The fourth-order valence-corrected chi connectivity index (χ4v) is 5.24. The van der Waals surface area contributed by atoms with Gasteiger partial charge in [-0.2, -0.15) is 0 Å². The highest BCUT2D eigenvalue weighted by Gasteiger charge is 2.34. The third-order valence-electron chi connectivity index (χ3n) is 6.19. The van der Waals surface area contributed by atoms with Gasteiger partial charge in [0, 0.05) is 30.0 Å². The summed E-state index contributed by atoms with van der Waals surface area (Å²) in [5.41, 5.74) is 1.36. The van der Waals surface area contributed by atoms with Crippen LogP contribution in [0.2, 0.25) is 0 Å². The van der Waals surface area contributed by atoms with Gasteiger partial charge in [0.25, 0.3) is 5.91 Å². The molecule has 0 aliphatic carbocycles. The SMILES string of the molecule is CC(C)(C)C(CN(Cc1nc2ccccc2[nH]1)C(=O)O)c1nc(C(=O)NCc2ccccc2OC(F)(F)F)cs1. The number of aromatic nitrogens is 3. The Balaban J connectivity index is 1.48. The Bertz CT molecular complexity index is 1460. The normalized spacial score (nSPS) is 12.8. The summed E-state index contributed by atoms with van der Waals surface area (Å²) >= 11 is 1.22. The average molecular weight is 576 g/mol. The van der Waals surface area contributed by atoms with E-state index in [0.29, 0.717) is 10.8 Å². The molecule has 1 unspecified atom stereocenters. The summed E-state index contributed by atoms with van der Waals surface area (Å²) in [5.74, 6) is -0.833. The first kappa shape index (κ1) is 28.9. The number of aromatic amines is 1. The summed E-state index contributed by atoms with van der Waals surface area (Å²) in [4.78, 5) is 38.3. The molecular weight excluding hydrogens is 547 g/mol. The molecule has 1 atom stereocenters. The number of hydrogen-bond acceptors (Lipinski definition) is 6. The second-order valence-electron chi connectivity index (χ2n) is 10.2. The Morgan fingerprint density at radius 2 is 1.80 bits per heavy atom. The number of fused-ring (bicyclic) bond motifs is 1. The second-order valence-corrected chi connectivity index (χ2v) is 11.1. The number of carboxylic acid groups (broad SMARTS) is 1. The van der Waals surface area contributed by atoms with Crippen LogP contribution in [0.25, 0.3) is 11.0 Å². The summed E-state index contributed by atoms with van der Waals surface area (Å²) in [6.07, 6.45) is -5.98. The molecule has 9 nitrogen and oxygen atoms in total. The molecule has 0 fully saturated rings. The maximum Gasteiger partial charge on any atom is 0.573 e. The molecule has 0 radical (unpaired) electrons. The lowest BCUT2D eigenvalue weighted by Crippen LogP contribution is -2.37. The van der Waals surface area contributed by atoms with Gasteiger partial charge in [0.1, 0.15) is 17.3 Å². The molecule has 0 aliphatic heterocycles. The summed E-state index contributed by atoms with van der Waals surface area (Å²) in [7, 11) is 0. The molecule has 2 amide bonds. The fourth-order valence-electron chi connectivity index (χ4n) is 4.11. The molecule has 4 rings (SSSR count). The zero-order valence-electron chi connectivity index (χ0n) is 22.0. The van der Waals surface area contributed by atoms with E-state index in [2.05, 4.69) is 25.0 Å². The van der Waals surface area contributed by atoms with Gasteiger partial charge in [-0.3, -0.25) is 4.79 Å². The van der Waals surface area contributed by atoms with Gasteiger partial charge in [0.05, 0.1) is 22.6 Å². The third kappa shape index (κ3) is 7.29. The Morgan fingerprint density at radius 1 is 1.10 bits per heavy atom. The molecule has 40 heavy (non-hydrogen) atoms. The minimum absolute atomic E-state index is 0.0364. The predicted molar refractivity (Wildman–Crippen MR) is 143 cm³/mol. The molecule has 212 valence electrons. The first-order valence-corrected chi connectivity index (χ1v) is 13.2. The first-order valence-electron chi connectivity index (χ1n) is 12.3. The highest BCUT2D eigenvalue weighted by Crippen LogP contribution is 2.37. The van der Waals surface area contributed by atoms with E-state index in [-0.39, 0.29) is 36.8 Å². The van der Waals surface area contributed by atoms with Crippen LogP contribution < -0.4 is 10.1 Å². The molecule has 13 heteroatoms. The Hall–Kier alpha value is -4.13. The van der Waals surface area contributed by atoms with Crippen LogP contribution in [-0.4, -0.2) is 49.9 Å². The monoisotopic (exact) mass is 575 g/mol. The quantitative estimate of drug-likeness (QED) is 0.220. The highest BCUT2D eigenvalue weighted by atomic mass is 32.1. The van der Waals surface area contributed by atoms with Crippen molar-refractivity contribution in [3.8, 4) is 5.75 Å². The number of ether oxygens (including phenoxy) is 1. The predicted octanol–water partition coefficient (Wildman–Crippen LogP) is 6.16. The number of alkyl halides is 3. The van der Waals surface area contributed by atoms with Gasteiger partial charge in [-0.05, 0) is 23.6 Å². The van der Waals surface area contributed by atoms with E-state index in [9.17, 15) is 27.9 Å². The topological polar surface area (TPSA) is 120 Å². The first-order chi connectivity index (χ1) is 18.8. The van der Waals surface area contributed by atoms with Crippen LogP contribution in [-0.2, 0) is 13.1 Å². The number of nitrogens with one attached hydrogen (secondary N) is 2. The van der Waals surface area contributed by atoms with Gasteiger partial charge in [-0.15, -0.1) is 24.5 Å². The number of thiazole rings is 1. The van der Waals surface area contributed by atoms with Crippen molar-refractivity contribution in [1.29, 1.82) is 0 Å². The Kier molecular flexibility index (Phi) is 8.33. The number of H-pyrrole nitrogens is 1. The lowest BCUT2D eigenvalue weighted by Gasteiger charge is -2.32. The lowest BCUT2D eigenvalue weighted by atomic mass is 9.80. The number of rotatable bonds is 9. The average Bonchev–Trinajstić information content (AvgIpc) is 3.51. The molecular formula is C27H28F3N5O4S. The Morgan fingerprint density at radius 3 is 2.48 bits per heavy atom. The van der Waals surface area contributed by atoms with E-state index in [1.54, 1.807) is 11.4 Å².